The van der Waals surface area contributed by atoms with Gasteiger partial charge in [-0.2, -0.15) is 0 Å². The maximum atomic E-state index is 10.3. The molecule has 9 N–H and O–H groups in total. The van der Waals surface area contributed by atoms with E-state index in [4.69, 9.17) is 24.4 Å². The zero-order valence-corrected chi connectivity index (χ0v) is 12.4. The molecule has 12 heteroatoms. The molecular weight excluding hydrogens is 336 g/mol. The van der Waals surface area contributed by atoms with Crippen LogP contribution in [-0.4, -0.2) is 120 Å². The molecule has 24 heavy (non-hydrogen) atoms. The molecule has 2 rings (SSSR count). The molecule has 0 unspecified atom stereocenters. The SMILES string of the molecule is OC[C@H]1O[C@](CO)(O[C@@]2(O)O[C@H](CO)[C@@H](O)[C@H](O)[C@H]2O)[C@H](O)[C@H]1O. The van der Waals surface area contributed by atoms with Gasteiger partial charge in [-0.15, -0.1) is 0 Å². The fourth-order valence-electron chi connectivity index (χ4n) is 2.71. The number of hydrogen-bond donors (Lipinski definition) is 9. The second-order valence-corrected chi connectivity index (χ2v) is 5.74. The van der Waals surface area contributed by atoms with Gasteiger partial charge in [0.1, 0.15) is 43.2 Å². The summed E-state index contributed by atoms with van der Waals surface area (Å²) in [4.78, 5) is 0. The van der Waals surface area contributed by atoms with Gasteiger partial charge in [0.15, 0.2) is 6.10 Å². The van der Waals surface area contributed by atoms with E-state index in [0.717, 1.165) is 0 Å². The molecule has 12 nitrogen and oxygen atoms in total. The molecule has 0 amide bonds. The maximum absolute atomic E-state index is 10.3. The first-order chi connectivity index (χ1) is 11.2. The van der Waals surface area contributed by atoms with E-state index >= 15 is 0 Å². The van der Waals surface area contributed by atoms with E-state index in [-0.39, 0.29) is 0 Å². The van der Waals surface area contributed by atoms with Gasteiger partial charge in [-0.3, -0.25) is 4.74 Å². The van der Waals surface area contributed by atoms with Crippen molar-refractivity contribution >= 4 is 0 Å². The van der Waals surface area contributed by atoms with Gasteiger partial charge in [0.2, 0.25) is 5.79 Å². The Hall–Kier alpha value is -0.480. The van der Waals surface area contributed by atoms with Crippen LogP contribution < -0.4 is 0 Å². The average molecular weight is 358 g/mol. The Balaban J connectivity index is 2.29. The average Bonchev–Trinajstić information content (AvgIpc) is 2.81. The molecule has 0 aromatic carbocycles. The summed E-state index contributed by atoms with van der Waals surface area (Å²) in [6.45, 7) is -2.76. The highest BCUT2D eigenvalue weighted by atomic mass is 16.9. The zero-order chi connectivity index (χ0) is 18.3. The van der Waals surface area contributed by atoms with Crippen molar-refractivity contribution in [2.75, 3.05) is 19.8 Å². The summed E-state index contributed by atoms with van der Waals surface area (Å²) in [5, 5.41) is 87.0. The van der Waals surface area contributed by atoms with Crippen LogP contribution in [0.5, 0.6) is 0 Å². The Morgan fingerprint density at radius 1 is 0.750 bits per heavy atom. The molecule has 0 aliphatic carbocycles. The van der Waals surface area contributed by atoms with Crippen LogP contribution in [0.4, 0.5) is 0 Å². The third-order valence-electron chi connectivity index (χ3n) is 4.15. The minimum absolute atomic E-state index is 0.758. The second-order valence-electron chi connectivity index (χ2n) is 5.74. The summed E-state index contributed by atoms with van der Waals surface area (Å²) in [5.41, 5.74) is 0. The standard InChI is InChI=1S/C12H22O12/c13-1-4-6(16)8(18)10(20)12(21,23-4)24-11(3-15)9(19)7(17)5(2-14)22-11/h4-10,13-21H,1-3H2/t4-,5-,6-,7+,8+,9-,10-,11-,12+/m1/s1. The van der Waals surface area contributed by atoms with Crippen molar-refractivity contribution in [3.05, 3.63) is 0 Å². The van der Waals surface area contributed by atoms with Crippen molar-refractivity contribution in [2.45, 2.75) is 54.5 Å². The fraction of sp³-hybridized carbons (Fsp3) is 1.00. The fourth-order valence-corrected chi connectivity index (χ4v) is 2.71. The van der Waals surface area contributed by atoms with Crippen LogP contribution in [0.25, 0.3) is 0 Å². The monoisotopic (exact) mass is 358 g/mol. The Bertz CT molecular complexity index is 434. The molecule has 2 fully saturated rings. The highest BCUT2D eigenvalue weighted by molar-refractivity contribution is 4.99. The van der Waals surface area contributed by atoms with E-state index in [1.807, 2.05) is 0 Å². The molecule has 0 aromatic heterocycles. The largest absolute Gasteiger partial charge is 0.394 e. The lowest BCUT2D eigenvalue weighted by molar-refractivity contribution is -0.500. The summed E-state index contributed by atoms with van der Waals surface area (Å²) < 4.78 is 14.8. The molecule has 0 radical (unpaired) electrons. The van der Waals surface area contributed by atoms with Crippen LogP contribution in [0.15, 0.2) is 0 Å². The first kappa shape index (κ1) is 19.8. The lowest BCUT2D eigenvalue weighted by atomic mass is 9.97. The van der Waals surface area contributed by atoms with Crippen molar-refractivity contribution in [1.82, 2.24) is 0 Å². The Labute approximate surface area is 135 Å². The van der Waals surface area contributed by atoms with Crippen LogP contribution in [0.3, 0.4) is 0 Å². The molecule has 9 atom stereocenters. The number of hydrogen-bond acceptors (Lipinski definition) is 12. The summed E-state index contributed by atoms with van der Waals surface area (Å²) in [5.74, 6) is -5.62. The Morgan fingerprint density at radius 2 is 1.29 bits per heavy atom. The van der Waals surface area contributed by atoms with Crippen molar-refractivity contribution < 1.29 is 60.2 Å². The predicted octanol–water partition coefficient (Wildman–Crippen LogP) is -6.08. The molecule has 2 saturated heterocycles. The molecular formula is C12H22O12. The van der Waals surface area contributed by atoms with Crippen molar-refractivity contribution in [3.63, 3.8) is 0 Å². The summed E-state index contributed by atoms with van der Waals surface area (Å²) >= 11 is 0. The van der Waals surface area contributed by atoms with Gasteiger partial charge in [0, 0.05) is 0 Å². The van der Waals surface area contributed by atoms with Crippen molar-refractivity contribution in [1.29, 1.82) is 0 Å². The lowest BCUT2D eigenvalue weighted by Crippen LogP contribution is -2.69. The molecule has 2 aliphatic rings. The maximum Gasteiger partial charge on any atom is 0.313 e. The van der Waals surface area contributed by atoms with Gasteiger partial charge in [-0.1, -0.05) is 0 Å². The smallest absolute Gasteiger partial charge is 0.313 e. The van der Waals surface area contributed by atoms with Gasteiger partial charge in [-0.25, -0.2) is 0 Å². The first-order valence-corrected chi connectivity index (χ1v) is 7.17. The number of aliphatic hydroxyl groups is 9. The quantitative estimate of drug-likeness (QED) is 0.210. The van der Waals surface area contributed by atoms with Gasteiger partial charge in [0.25, 0.3) is 0 Å². The second kappa shape index (κ2) is 7.03. The molecule has 2 heterocycles. The van der Waals surface area contributed by atoms with E-state index in [1.54, 1.807) is 0 Å². The van der Waals surface area contributed by atoms with E-state index < -0.39 is 74.3 Å². The van der Waals surface area contributed by atoms with Crippen LogP contribution in [-0.2, 0) is 14.2 Å². The molecule has 0 bridgehead atoms. The summed E-state index contributed by atoms with van der Waals surface area (Å²) in [6.07, 6.45) is -12.6. The third-order valence-corrected chi connectivity index (χ3v) is 4.15. The number of ether oxygens (including phenoxy) is 3. The highest BCUT2D eigenvalue weighted by Gasteiger charge is 2.63. The van der Waals surface area contributed by atoms with Crippen LogP contribution >= 0.6 is 0 Å². The van der Waals surface area contributed by atoms with Crippen LogP contribution in [0.2, 0.25) is 0 Å². The first-order valence-electron chi connectivity index (χ1n) is 7.17. The summed E-state index contributed by atoms with van der Waals surface area (Å²) in [6, 6.07) is 0. The van der Waals surface area contributed by atoms with Gasteiger partial charge >= 0.3 is 5.97 Å². The number of aliphatic hydroxyl groups excluding tert-OH is 8. The normalized spacial score (nSPS) is 52.6. The van der Waals surface area contributed by atoms with Gasteiger partial charge in [0.05, 0.1) is 13.2 Å². The van der Waals surface area contributed by atoms with Crippen molar-refractivity contribution in [2.24, 2.45) is 0 Å². The molecule has 0 saturated carbocycles. The molecule has 142 valence electrons. The Kier molecular flexibility index (Phi) is 5.81. The van der Waals surface area contributed by atoms with E-state index in [0.29, 0.717) is 0 Å². The van der Waals surface area contributed by atoms with E-state index in [9.17, 15) is 35.7 Å². The number of rotatable bonds is 5. The summed E-state index contributed by atoms with van der Waals surface area (Å²) in [7, 11) is 0. The Morgan fingerprint density at radius 3 is 1.75 bits per heavy atom. The molecule has 2 aliphatic heterocycles. The predicted molar refractivity (Wildman–Crippen MR) is 69.8 cm³/mol. The van der Waals surface area contributed by atoms with Gasteiger partial charge in [-0.05, 0) is 0 Å². The van der Waals surface area contributed by atoms with Crippen LogP contribution in [0.1, 0.15) is 0 Å². The zero-order valence-electron chi connectivity index (χ0n) is 12.4. The van der Waals surface area contributed by atoms with Gasteiger partial charge < -0.3 is 55.4 Å². The van der Waals surface area contributed by atoms with Crippen LogP contribution in [0, 0.1) is 0 Å². The highest BCUT2D eigenvalue weighted by Crippen LogP contribution is 2.39. The lowest BCUT2D eigenvalue weighted by Gasteiger charge is -2.47. The topological polar surface area (TPSA) is 210 Å². The van der Waals surface area contributed by atoms with Crippen molar-refractivity contribution in [3.8, 4) is 0 Å². The molecule has 0 aromatic rings. The third kappa shape index (κ3) is 3.05. The minimum atomic E-state index is -3.11. The van der Waals surface area contributed by atoms with E-state index in [2.05, 4.69) is 0 Å². The molecule has 0 spiro atoms. The minimum Gasteiger partial charge on any atom is -0.394 e. The van der Waals surface area contributed by atoms with E-state index in [1.165, 1.54) is 0 Å².